The Morgan fingerprint density at radius 2 is 0.980 bits per heavy atom. The number of rotatable bonds is 33. The quantitative estimate of drug-likeness (QED) is 0.0553. The SMILES string of the molecule is CCCCC/C=C\C/C=C\CCCCCCCCC(CCCCCCCC/C=C\C/C=C\CCCCC)NC(=O)CC1CN(C)CCN1C. The summed E-state index contributed by atoms with van der Waals surface area (Å²) in [5.41, 5.74) is 0. The number of amides is 1. The van der Waals surface area contributed by atoms with Crippen molar-refractivity contribution < 1.29 is 4.79 Å². The van der Waals surface area contributed by atoms with Crippen LogP contribution in [-0.4, -0.2) is 61.5 Å². The third kappa shape index (κ3) is 29.8. The van der Waals surface area contributed by atoms with Crippen LogP contribution in [0.25, 0.3) is 0 Å². The minimum absolute atomic E-state index is 0.261. The van der Waals surface area contributed by atoms with Gasteiger partial charge in [-0.1, -0.05) is 152 Å². The van der Waals surface area contributed by atoms with E-state index in [0.717, 1.165) is 45.3 Å². The summed E-state index contributed by atoms with van der Waals surface area (Å²) in [5, 5.41) is 3.50. The molecule has 284 valence electrons. The number of nitrogens with zero attached hydrogens (tertiary/aromatic N) is 2. The summed E-state index contributed by atoms with van der Waals surface area (Å²) in [7, 11) is 4.36. The van der Waals surface area contributed by atoms with Crippen LogP contribution in [0.4, 0.5) is 0 Å². The molecule has 1 unspecified atom stereocenters. The van der Waals surface area contributed by atoms with Crippen LogP contribution in [0.1, 0.15) is 187 Å². The fraction of sp³-hybridized carbons (Fsp3) is 0.800. The summed E-state index contributed by atoms with van der Waals surface area (Å²) < 4.78 is 0. The van der Waals surface area contributed by atoms with Crippen LogP contribution < -0.4 is 5.32 Å². The summed E-state index contributed by atoms with van der Waals surface area (Å²) in [6.07, 6.45) is 52.5. The molecule has 1 aliphatic heterocycles. The molecule has 0 saturated carbocycles. The number of unbranched alkanes of at least 4 members (excludes halogenated alkanes) is 18. The number of hydrogen-bond acceptors (Lipinski definition) is 3. The predicted molar refractivity (Wildman–Crippen MR) is 218 cm³/mol. The molecule has 0 aromatic rings. The lowest BCUT2D eigenvalue weighted by Crippen LogP contribution is -2.52. The van der Waals surface area contributed by atoms with Gasteiger partial charge in [-0.15, -0.1) is 0 Å². The van der Waals surface area contributed by atoms with Gasteiger partial charge >= 0.3 is 0 Å². The van der Waals surface area contributed by atoms with E-state index in [2.05, 4.69) is 91.7 Å². The third-order valence-electron chi connectivity index (χ3n) is 10.3. The zero-order valence-corrected chi connectivity index (χ0v) is 33.3. The highest BCUT2D eigenvalue weighted by Gasteiger charge is 2.25. The molecular weight excluding hydrogens is 599 g/mol. The molecule has 0 aromatic heterocycles. The van der Waals surface area contributed by atoms with Crippen molar-refractivity contribution >= 4 is 5.91 Å². The third-order valence-corrected chi connectivity index (χ3v) is 10.3. The first-order valence-electron chi connectivity index (χ1n) is 21.3. The summed E-state index contributed by atoms with van der Waals surface area (Å²) in [6, 6.07) is 0.680. The van der Waals surface area contributed by atoms with Crippen molar-refractivity contribution in [1.29, 1.82) is 0 Å². The first-order valence-corrected chi connectivity index (χ1v) is 21.3. The molecule has 1 rings (SSSR count). The maximum absolute atomic E-state index is 13.1. The molecule has 1 N–H and O–H groups in total. The molecule has 49 heavy (non-hydrogen) atoms. The lowest BCUT2D eigenvalue weighted by atomic mass is 9.99. The first-order chi connectivity index (χ1) is 24.1. The zero-order chi connectivity index (χ0) is 35.5. The molecule has 1 atom stereocenters. The molecule has 1 aliphatic rings. The molecule has 0 aromatic carbocycles. The zero-order valence-electron chi connectivity index (χ0n) is 33.3. The van der Waals surface area contributed by atoms with E-state index in [1.165, 1.54) is 141 Å². The number of allylic oxidation sites excluding steroid dienone is 8. The molecule has 1 saturated heterocycles. The van der Waals surface area contributed by atoms with E-state index in [0.29, 0.717) is 18.5 Å². The van der Waals surface area contributed by atoms with Crippen LogP contribution >= 0.6 is 0 Å². The van der Waals surface area contributed by atoms with E-state index in [9.17, 15) is 4.79 Å². The monoisotopic (exact) mass is 682 g/mol. The van der Waals surface area contributed by atoms with Gasteiger partial charge in [0.05, 0.1) is 0 Å². The average Bonchev–Trinajstić information content (AvgIpc) is 3.09. The van der Waals surface area contributed by atoms with Gasteiger partial charge in [0.1, 0.15) is 0 Å². The number of piperazine rings is 1. The minimum Gasteiger partial charge on any atom is -0.353 e. The van der Waals surface area contributed by atoms with Crippen molar-refractivity contribution in [1.82, 2.24) is 15.1 Å². The number of carbonyl (C=O) groups is 1. The smallest absolute Gasteiger partial charge is 0.221 e. The Kier molecular flexibility index (Phi) is 32.2. The average molecular weight is 682 g/mol. The Balaban J connectivity index is 2.23. The molecule has 0 aliphatic carbocycles. The highest BCUT2D eigenvalue weighted by atomic mass is 16.1. The topological polar surface area (TPSA) is 35.6 Å². The van der Waals surface area contributed by atoms with E-state index >= 15 is 0 Å². The van der Waals surface area contributed by atoms with Crippen LogP contribution in [0.2, 0.25) is 0 Å². The van der Waals surface area contributed by atoms with Gasteiger partial charge in [-0.25, -0.2) is 0 Å². The molecule has 1 fully saturated rings. The van der Waals surface area contributed by atoms with Gasteiger partial charge in [0, 0.05) is 38.1 Å². The molecule has 1 heterocycles. The van der Waals surface area contributed by atoms with Crippen LogP contribution in [-0.2, 0) is 4.79 Å². The molecule has 0 radical (unpaired) electrons. The van der Waals surface area contributed by atoms with Gasteiger partial charge in [0.2, 0.25) is 5.91 Å². The number of nitrogens with one attached hydrogen (secondary N) is 1. The van der Waals surface area contributed by atoms with Crippen molar-refractivity contribution in [2.75, 3.05) is 33.7 Å². The van der Waals surface area contributed by atoms with Gasteiger partial charge in [0.15, 0.2) is 0 Å². The maximum Gasteiger partial charge on any atom is 0.221 e. The van der Waals surface area contributed by atoms with Crippen LogP contribution in [0.5, 0.6) is 0 Å². The second kappa shape index (κ2) is 34.8. The van der Waals surface area contributed by atoms with E-state index in [1.807, 2.05) is 0 Å². The predicted octanol–water partition coefficient (Wildman–Crippen LogP) is 12.5. The Hall–Kier alpha value is -1.65. The Labute approximate surface area is 306 Å². The van der Waals surface area contributed by atoms with Crippen molar-refractivity contribution in [3.05, 3.63) is 48.6 Å². The Morgan fingerprint density at radius 1 is 0.571 bits per heavy atom. The minimum atomic E-state index is 0.261. The molecule has 1 amide bonds. The Morgan fingerprint density at radius 3 is 1.43 bits per heavy atom. The van der Waals surface area contributed by atoms with E-state index in [1.54, 1.807) is 0 Å². The largest absolute Gasteiger partial charge is 0.353 e. The van der Waals surface area contributed by atoms with Gasteiger partial charge in [0.25, 0.3) is 0 Å². The summed E-state index contributed by atoms with van der Waals surface area (Å²) >= 11 is 0. The molecule has 4 heteroatoms. The fourth-order valence-electron chi connectivity index (χ4n) is 6.87. The second-order valence-corrected chi connectivity index (χ2v) is 15.1. The molecule has 0 bridgehead atoms. The van der Waals surface area contributed by atoms with Crippen LogP contribution in [0.15, 0.2) is 48.6 Å². The van der Waals surface area contributed by atoms with Crippen molar-refractivity contribution in [2.45, 2.75) is 199 Å². The second-order valence-electron chi connectivity index (χ2n) is 15.1. The molecule has 0 spiro atoms. The fourth-order valence-corrected chi connectivity index (χ4v) is 6.87. The summed E-state index contributed by atoms with van der Waals surface area (Å²) in [4.78, 5) is 17.9. The highest BCUT2D eigenvalue weighted by Crippen LogP contribution is 2.17. The molecular formula is C45H83N3O. The van der Waals surface area contributed by atoms with E-state index in [4.69, 9.17) is 0 Å². The summed E-state index contributed by atoms with van der Waals surface area (Å²) in [6.45, 7) is 7.67. The van der Waals surface area contributed by atoms with Crippen LogP contribution in [0, 0.1) is 0 Å². The Bertz CT molecular complexity index is 798. The van der Waals surface area contributed by atoms with Gasteiger partial charge in [-0.2, -0.15) is 0 Å². The number of carbonyl (C=O) groups excluding carboxylic acids is 1. The normalized spacial score (nSPS) is 16.5. The summed E-state index contributed by atoms with van der Waals surface area (Å²) in [5.74, 6) is 0.261. The van der Waals surface area contributed by atoms with E-state index in [-0.39, 0.29) is 5.91 Å². The lowest BCUT2D eigenvalue weighted by molar-refractivity contribution is -0.123. The maximum atomic E-state index is 13.1. The standard InChI is InChI=1S/C45H83N3O/c1-5-7-9-11-13-15-17-19-21-23-25-27-29-31-33-35-37-43(46-45(49)41-44-42-47(3)39-40-48(44)4)38-36-34-32-30-28-26-24-22-20-18-16-14-12-10-8-6-2/h13-16,19-22,43-44H,5-12,17-18,23-42H2,1-4H3,(H,46,49)/b15-13-,16-14-,21-19-,22-20-. The van der Waals surface area contributed by atoms with Crippen molar-refractivity contribution in [3.8, 4) is 0 Å². The van der Waals surface area contributed by atoms with Crippen molar-refractivity contribution in [3.63, 3.8) is 0 Å². The number of hydrogen-bond donors (Lipinski definition) is 1. The van der Waals surface area contributed by atoms with Crippen LogP contribution in [0.3, 0.4) is 0 Å². The molecule has 4 nitrogen and oxygen atoms in total. The lowest BCUT2D eigenvalue weighted by Gasteiger charge is -2.37. The van der Waals surface area contributed by atoms with Crippen molar-refractivity contribution in [2.24, 2.45) is 0 Å². The van der Waals surface area contributed by atoms with Gasteiger partial charge < -0.3 is 15.1 Å². The first kappa shape index (κ1) is 45.4. The number of likely N-dealkylation sites (N-methyl/N-ethyl adjacent to an activating group) is 2. The van der Waals surface area contributed by atoms with Gasteiger partial charge in [-0.05, 0) is 91.1 Å². The highest BCUT2D eigenvalue weighted by molar-refractivity contribution is 5.77. The van der Waals surface area contributed by atoms with E-state index < -0.39 is 0 Å². The van der Waals surface area contributed by atoms with Gasteiger partial charge in [-0.3, -0.25) is 4.79 Å².